The number of carboxylic acid groups (broad SMARTS) is 1. The molecule has 0 fully saturated rings. The van der Waals surface area contributed by atoms with E-state index in [9.17, 15) is 4.79 Å². The summed E-state index contributed by atoms with van der Waals surface area (Å²) in [6, 6.07) is 6.47. The molecule has 0 aliphatic carbocycles. The van der Waals surface area contributed by atoms with Crippen molar-refractivity contribution in [3.63, 3.8) is 0 Å². The van der Waals surface area contributed by atoms with Crippen molar-refractivity contribution in [3.05, 3.63) is 34.9 Å². The highest BCUT2D eigenvalue weighted by atomic mass is 16.4. The van der Waals surface area contributed by atoms with Gasteiger partial charge in [-0.05, 0) is 29.0 Å². The molecule has 106 valence electrons. The second-order valence-electron chi connectivity index (χ2n) is 6.82. The first kappa shape index (κ1) is 15.5. The number of aryl methyl sites for hydroxylation is 1. The number of nitrogens with one attached hydrogen (secondary N) is 1. The van der Waals surface area contributed by atoms with E-state index in [1.165, 1.54) is 16.7 Å². The van der Waals surface area contributed by atoms with E-state index in [1.807, 2.05) is 0 Å². The number of carbonyl (C=O) groups is 1. The van der Waals surface area contributed by atoms with Gasteiger partial charge in [0, 0.05) is 12.0 Å². The van der Waals surface area contributed by atoms with Crippen LogP contribution in [0.1, 0.15) is 51.3 Å². The van der Waals surface area contributed by atoms with Gasteiger partial charge in [0.25, 0.3) is 0 Å². The Morgan fingerprint density at radius 3 is 2.21 bits per heavy atom. The Morgan fingerprint density at radius 2 is 1.79 bits per heavy atom. The quantitative estimate of drug-likeness (QED) is 0.870. The first-order chi connectivity index (χ1) is 8.54. The molecule has 0 spiro atoms. The van der Waals surface area contributed by atoms with Gasteiger partial charge >= 0.3 is 6.09 Å². The third-order valence-corrected chi connectivity index (χ3v) is 3.50. The van der Waals surface area contributed by atoms with Gasteiger partial charge in [-0.25, -0.2) is 4.79 Å². The Balaban J connectivity index is 3.05. The molecule has 0 radical (unpaired) electrons. The molecule has 1 aromatic carbocycles. The lowest BCUT2D eigenvalue weighted by molar-refractivity contribution is 0.192. The molecule has 3 heteroatoms. The number of hydrogen-bond acceptors (Lipinski definition) is 1. The summed E-state index contributed by atoms with van der Waals surface area (Å²) in [5, 5.41) is 11.2. The third kappa shape index (κ3) is 3.98. The normalized spacial score (nSPS) is 12.3. The van der Waals surface area contributed by atoms with Crippen molar-refractivity contribution in [3.8, 4) is 0 Å². The lowest BCUT2D eigenvalue weighted by Crippen LogP contribution is -2.36. The Bertz CT molecular complexity index is 470. The summed E-state index contributed by atoms with van der Waals surface area (Å²) >= 11 is 0. The van der Waals surface area contributed by atoms with Crippen LogP contribution in [0.2, 0.25) is 0 Å². The van der Waals surface area contributed by atoms with Crippen molar-refractivity contribution in [1.82, 2.24) is 5.32 Å². The molecule has 2 N–H and O–H groups in total. The maximum atomic E-state index is 10.6. The summed E-state index contributed by atoms with van der Waals surface area (Å²) in [4.78, 5) is 10.6. The molecule has 0 aliphatic rings. The summed E-state index contributed by atoms with van der Waals surface area (Å²) in [6.45, 7) is 13.2. The van der Waals surface area contributed by atoms with Crippen molar-refractivity contribution >= 4 is 6.09 Å². The highest BCUT2D eigenvalue weighted by Crippen LogP contribution is 2.30. The Labute approximate surface area is 116 Å². The van der Waals surface area contributed by atoms with Gasteiger partial charge in [0.1, 0.15) is 0 Å². The SMILES string of the molecule is Cc1cc(C(C)(C)C)ccc1C(C)(C)CNC(=O)O. The van der Waals surface area contributed by atoms with Crippen LogP contribution in [0, 0.1) is 6.92 Å². The van der Waals surface area contributed by atoms with E-state index in [0.717, 1.165) is 0 Å². The van der Waals surface area contributed by atoms with Gasteiger partial charge in [0.2, 0.25) is 0 Å². The molecular weight excluding hydrogens is 238 g/mol. The van der Waals surface area contributed by atoms with Gasteiger partial charge < -0.3 is 10.4 Å². The summed E-state index contributed by atoms with van der Waals surface area (Å²) in [6.07, 6.45) is -0.975. The fourth-order valence-electron chi connectivity index (χ4n) is 2.28. The summed E-state index contributed by atoms with van der Waals surface area (Å²) in [7, 11) is 0. The van der Waals surface area contributed by atoms with E-state index in [0.29, 0.717) is 6.54 Å². The van der Waals surface area contributed by atoms with Crippen LogP contribution in [-0.2, 0) is 10.8 Å². The lowest BCUT2D eigenvalue weighted by atomic mass is 9.78. The molecule has 0 bridgehead atoms. The zero-order chi connectivity index (χ0) is 14.8. The fourth-order valence-corrected chi connectivity index (χ4v) is 2.28. The van der Waals surface area contributed by atoms with Crippen molar-refractivity contribution in [2.75, 3.05) is 6.54 Å². The van der Waals surface area contributed by atoms with Crippen LogP contribution in [0.3, 0.4) is 0 Å². The highest BCUT2D eigenvalue weighted by molar-refractivity contribution is 5.64. The van der Waals surface area contributed by atoms with E-state index in [4.69, 9.17) is 5.11 Å². The first-order valence-corrected chi connectivity index (χ1v) is 6.62. The maximum absolute atomic E-state index is 10.6. The zero-order valence-corrected chi connectivity index (χ0v) is 12.8. The predicted octanol–water partition coefficient (Wildman–Crippen LogP) is 3.84. The molecule has 1 rings (SSSR count). The Morgan fingerprint density at radius 1 is 1.21 bits per heavy atom. The van der Waals surface area contributed by atoms with E-state index in [2.05, 4.69) is 65.1 Å². The van der Waals surface area contributed by atoms with Crippen molar-refractivity contribution in [2.45, 2.75) is 52.4 Å². The second-order valence-corrected chi connectivity index (χ2v) is 6.82. The first-order valence-electron chi connectivity index (χ1n) is 6.62. The van der Waals surface area contributed by atoms with Crippen LogP contribution < -0.4 is 5.32 Å². The van der Waals surface area contributed by atoms with Gasteiger partial charge in [0.15, 0.2) is 0 Å². The van der Waals surface area contributed by atoms with Crippen LogP contribution in [0.15, 0.2) is 18.2 Å². The molecule has 3 nitrogen and oxygen atoms in total. The molecule has 0 unspecified atom stereocenters. The van der Waals surface area contributed by atoms with E-state index < -0.39 is 6.09 Å². The van der Waals surface area contributed by atoms with Gasteiger partial charge in [-0.3, -0.25) is 0 Å². The third-order valence-electron chi connectivity index (χ3n) is 3.50. The molecule has 1 aromatic rings. The smallest absolute Gasteiger partial charge is 0.404 e. The molecular formula is C16H25NO2. The van der Waals surface area contributed by atoms with Gasteiger partial charge in [-0.1, -0.05) is 52.8 Å². The Kier molecular flexibility index (Phi) is 4.28. The average molecular weight is 263 g/mol. The standard InChI is InChI=1S/C16H25NO2/c1-11-9-12(15(2,3)4)7-8-13(11)16(5,6)10-17-14(18)19/h7-9,17H,10H2,1-6H3,(H,18,19). The minimum Gasteiger partial charge on any atom is -0.465 e. The van der Waals surface area contributed by atoms with E-state index >= 15 is 0 Å². The van der Waals surface area contributed by atoms with Crippen LogP contribution in [0.5, 0.6) is 0 Å². The van der Waals surface area contributed by atoms with Gasteiger partial charge in [0.05, 0.1) is 0 Å². The van der Waals surface area contributed by atoms with E-state index in [-0.39, 0.29) is 10.8 Å². The van der Waals surface area contributed by atoms with Crippen molar-refractivity contribution in [1.29, 1.82) is 0 Å². The minimum absolute atomic E-state index is 0.132. The van der Waals surface area contributed by atoms with Crippen LogP contribution in [-0.4, -0.2) is 17.7 Å². The van der Waals surface area contributed by atoms with Crippen LogP contribution in [0.25, 0.3) is 0 Å². The summed E-state index contributed by atoms with van der Waals surface area (Å²) < 4.78 is 0. The molecule has 0 atom stereocenters. The predicted molar refractivity (Wildman–Crippen MR) is 78.9 cm³/mol. The summed E-state index contributed by atoms with van der Waals surface area (Å²) in [5.41, 5.74) is 3.63. The molecule has 19 heavy (non-hydrogen) atoms. The fraction of sp³-hybridized carbons (Fsp3) is 0.562. The number of amides is 1. The zero-order valence-electron chi connectivity index (χ0n) is 12.8. The monoisotopic (exact) mass is 263 g/mol. The van der Waals surface area contributed by atoms with Crippen LogP contribution >= 0.6 is 0 Å². The lowest BCUT2D eigenvalue weighted by Gasteiger charge is -2.29. The second kappa shape index (κ2) is 5.24. The number of benzene rings is 1. The largest absolute Gasteiger partial charge is 0.465 e. The highest BCUT2D eigenvalue weighted by Gasteiger charge is 2.24. The van der Waals surface area contributed by atoms with Crippen molar-refractivity contribution < 1.29 is 9.90 Å². The van der Waals surface area contributed by atoms with Crippen LogP contribution in [0.4, 0.5) is 4.79 Å². The molecule has 0 aliphatic heterocycles. The van der Waals surface area contributed by atoms with Crippen molar-refractivity contribution in [2.24, 2.45) is 0 Å². The minimum atomic E-state index is -0.975. The van der Waals surface area contributed by atoms with E-state index in [1.54, 1.807) is 0 Å². The molecule has 0 aromatic heterocycles. The molecule has 0 saturated heterocycles. The molecule has 0 heterocycles. The maximum Gasteiger partial charge on any atom is 0.404 e. The average Bonchev–Trinajstić information content (AvgIpc) is 2.25. The molecule has 0 saturated carbocycles. The number of rotatable bonds is 3. The number of hydrogen-bond donors (Lipinski definition) is 2. The van der Waals surface area contributed by atoms with Gasteiger partial charge in [-0.15, -0.1) is 0 Å². The summed E-state index contributed by atoms with van der Waals surface area (Å²) in [5.74, 6) is 0. The topological polar surface area (TPSA) is 49.3 Å². The molecule has 1 amide bonds. The van der Waals surface area contributed by atoms with Gasteiger partial charge in [-0.2, -0.15) is 0 Å². The Hall–Kier alpha value is -1.51.